The minimum absolute atomic E-state index is 0.0760. The van der Waals surface area contributed by atoms with Crippen LogP contribution in [0.15, 0.2) is 18.5 Å². The van der Waals surface area contributed by atoms with Gasteiger partial charge in [0.05, 0.1) is 18.1 Å². The number of nitriles is 1. The zero-order chi connectivity index (χ0) is 19.2. The van der Waals surface area contributed by atoms with Crippen molar-refractivity contribution in [3.05, 3.63) is 29.8 Å². The van der Waals surface area contributed by atoms with E-state index < -0.39 is 11.9 Å². The maximum atomic E-state index is 13.1. The van der Waals surface area contributed by atoms with Crippen LogP contribution in [0.2, 0.25) is 0 Å². The molecule has 0 radical (unpaired) electrons. The van der Waals surface area contributed by atoms with Gasteiger partial charge in [-0.1, -0.05) is 0 Å². The quantitative estimate of drug-likeness (QED) is 0.720. The van der Waals surface area contributed by atoms with Crippen LogP contribution in [0.25, 0.3) is 0 Å². The summed E-state index contributed by atoms with van der Waals surface area (Å²) in [5.74, 6) is 0.309. The first-order valence-electron chi connectivity index (χ1n) is 7.62. The highest BCUT2D eigenvalue weighted by Gasteiger charge is 2.36. The van der Waals surface area contributed by atoms with Crippen molar-refractivity contribution in [2.24, 2.45) is 0 Å². The molecular formula is C15H17F3N8. The lowest BCUT2D eigenvalue weighted by molar-refractivity contribution is -0.141. The monoisotopic (exact) mass is 366 g/mol. The molecule has 26 heavy (non-hydrogen) atoms. The van der Waals surface area contributed by atoms with E-state index in [1.54, 1.807) is 0 Å². The van der Waals surface area contributed by atoms with Crippen LogP contribution < -0.4 is 10.6 Å². The fourth-order valence-corrected chi connectivity index (χ4v) is 2.00. The van der Waals surface area contributed by atoms with E-state index in [9.17, 15) is 13.2 Å². The van der Waals surface area contributed by atoms with Crippen molar-refractivity contribution in [2.45, 2.75) is 12.6 Å². The Hall–Kier alpha value is -3.00. The predicted molar refractivity (Wildman–Crippen MR) is 88.7 cm³/mol. The van der Waals surface area contributed by atoms with Gasteiger partial charge in [0.25, 0.3) is 0 Å². The number of hydrogen-bond donors (Lipinski definition) is 2. The van der Waals surface area contributed by atoms with E-state index in [2.05, 4.69) is 30.8 Å². The molecule has 0 unspecified atom stereocenters. The second kappa shape index (κ2) is 8.39. The van der Waals surface area contributed by atoms with Gasteiger partial charge in [-0.05, 0) is 27.1 Å². The molecule has 0 spiro atoms. The number of rotatable bonds is 7. The van der Waals surface area contributed by atoms with Crippen molar-refractivity contribution in [3.8, 4) is 6.07 Å². The molecule has 0 aliphatic rings. The van der Waals surface area contributed by atoms with Crippen molar-refractivity contribution in [1.82, 2.24) is 25.1 Å². The minimum atomic E-state index is -4.62. The maximum absolute atomic E-state index is 13.1. The number of halogens is 3. The zero-order valence-corrected chi connectivity index (χ0v) is 14.2. The third-order valence-corrected chi connectivity index (χ3v) is 3.18. The molecule has 11 heteroatoms. The molecule has 0 saturated carbocycles. The van der Waals surface area contributed by atoms with Gasteiger partial charge in [0.15, 0.2) is 17.2 Å². The number of nitrogens with one attached hydrogen (secondary N) is 2. The van der Waals surface area contributed by atoms with Gasteiger partial charge in [-0.2, -0.15) is 18.4 Å². The first-order valence-corrected chi connectivity index (χ1v) is 7.62. The maximum Gasteiger partial charge on any atom is 0.437 e. The third kappa shape index (κ3) is 5.52. The molecule has 0 bridgehead atoms. The summed E-state index contributed by atoms with van der Waals surface area (Å²) in [5.41, 5.74) is -1.13. The number of alkyl halides is 3. The minimum Gasteiger partial charge on any atom is -0.383 e. The Morgan fingerprint density at radius 3 is 2.50 bits per heavy atom. The van der Waals surface area contributed by atoms with Gasteiger partial charge < -0.3 is 15.5 Å². The normalized spacial score (nSPS) is 11.3. The van der Waals surface area contributed by atoms with Gasteiger partial charge in [-0.3, -0.25) is 0 Å². The summed E-state index contributed by atoms with van der Waals surface area (Å²) in [6, 6.07) is 3.03. The van der Waals surface area contributed by atoms with Crippen LogP contribution >= 0.6 is 0 Å². The number of anilines is 3. The van der Waals surface area contributed by atoms with E-state index in [-0.39, 0.29) is 23.0 Å². The van der Waals surface area contributed by atoms with E-state index in [1.807, 2.05) is 25.1 Å². The average Bonchev–Trinajstić information content (AvgIpc) is 2.58. The van der Waals surface area contributed by atoms with Crippen molar-refractivity contribution in [3.63, 3.8) is 0 Å². The van der Waals surface area contributed by atoms with Gasteiger partial charge in [-0.25, -0.2) is 9.97 Å². The van der Waals surface area contributed by atoms with E-state index in [0.717, 1.165) is 6.54 Å². The smallest absolute Gasteiger partial charge is 0.383 e. The van der Waals surface area contributed by atoms with Crippen molar-refractivity contribution >= 4 is 17.3 Å². The first kappa shape index (κ1) is 19.3. The van der Waals surface area contributed by atoms with Crippen LogP contribution in [0.4, 0.5) is 30.5 Å². The topological polar surface area (TPSA) is 103 Å². The van der Waals surface area contributed by atoms with Crippen molar-refractivity contribution in [1.29, 1.82) is 5.26 Å². The van der Waals surface area contributed by atoms with Gasteiger partial charge in [0, 0.05) is 12.6 Å². The van der Waals surface area contributed by atoms with Crippen LogP contribution in [0.1, 0.15) is 17.8 Å². The van der Waals surface area contributed by atoms with Crippen LogP contribution in [-0.4, -0.2) is 52.3 Å². The van der Waals surface area contributed by atoms with Crippen LogP contribution in [-0.2, 0) is 6.18 Å². The van der Waals surface area contributed by atoms with Gasteiger partial charge >= 0.3 is 6.18 Å². The lowest BCUT2D eigenvalue weighted by Crippen LogP contribution is -2.19. The number of aromatic nitrogens is 4. The largest absolute Gasteiger partial charge is 0.437 e. The van der Waals surface area contributed by atoms with E-state index >= 15 is 0 Å². The molecule has 2 rings (SSSR count). The molecule has 2 heterocycles. The first-order chi connectivity index (χ1) is 12.3. The Morgan fingerprint density at radius 1 is 1.15 bits per heavy atom. The van der Waals surface area contributed by atoms with Gasteiger partial charge in [0.2, 0.25) is 0 Å². The molecule has 2 N–H and O–H groups in total. The average molecular weight is 366 g/mol. The van der Waals surface area contributed by atoms with Gasteiger partial charge in [-0.15, -0.1) is 10.2 Å². The summed E-state index contributed by atoms with van der Waals surface area (Å²) in [6.45, 7) is 1.09. The summed E-state index contributed by atoms with van der Waals surface area (Å²) < 4.78 is 39.3. The third-order valence-electron chi connectivity index (χ3n) is 3.18. The van der Waals surface area contributed by atoms with Crippen molar-refractivity contribution < 1.29 is 13.2 Å². The van der Waals surface area contributed by atoms with E-state index in [4.69, 9.17) is 5.26 Å². The molecule has 2 aromatic rings. The SMILES string of the molecule is CN(C)CCCNc1cc(Nc2cnc(C#N)cn2)nnc1C(F)(F)F. The Balaban J connectivity index is 2.17. The Morgan fingerprint density at radius 2 is 1.92 bits per heavy atom. The Kier molecular flexibility index (Phi) is 6.24. The van der Waals surface area contributed by atoms with Gasteiger partial charge in [0.1, 0.15) is 11.9 Å². The highest BCUT2D eigenvalue weighted by Crippen LogP contribution is 2.33. The van der Waals surface area contributed by atoms with Crippen LogP contribution in [0, 0.1) is 11.3 Å². The fraction of sp³-hybridized carbons (Fsp3) is 0.400. The van der Waals surface area contributed by atoms with Crippen LogP contribution in [0.3, 0.4) is 0 Å². The molecule has 2 aromatic heterocycles. The molecule has 0 aliphatic heterocycles. The highest BCUT2D eigenvalue weighted by atomic mass is 19.4. The second-order valence-corrected chi connectivity index (χ2v) is 5.60. The number of hydrogen-bond acceptors (Lipinski definition) is 8. The second-order valence-electron chi connectivity index (χ2n) is 5.60. The summed E-state index contributed by atoms with van der Waals surface area (Å²) in [5, 5.41) is 21.0. The standard InChI is InChI=1S/C15H17F3N8/c1-26(2)5-3-4-20-11-6-12(24-25-14(11)15(16,17)18)23-13-9-21-10(7-19)8-22-13/h6,8-9H,3-5H2,1-2H3,(H2,20,22,23,24). The van der Waals surface area contributed by atoms with Crippen molar-refractivity contribution in [2.75, 3.05) is 37.8 Å². The summed E-state index contributed by atoms with van der Waals surface area (Å²) in [7, 11) is 3.77. The Bertz CT molecular complexity index is 768. The highest BCUT2D eigenvalue weighted by molar-refractivity contribution is 5.59. The summed E-state index contributed by atoms with van der Waals surface area (Å²) in [6.07, 6.45) is -1.44. The van der Waals surface area contributed by atoms with Crippen LogP contribution in [0.5, 0.6) is 0 Å². The molecule has 8 nitrogen and oxygen atoms in total. The molecule has 138 valence electrons. The summed E-state index contributed by atoms with van der Waals surface area (Å²) >= 11 is 0. The predicted octanol–water partition coefficient (Wildman–Crippen LogP) is 2.26. The molecule has 0 aromatic carbocycles. The molecule has 0 aliphatic carbocycles. The fourth-order valence-electron chi connectivity index (χ4n) is 2.00. The molecular weight excluding hydrogens is 349 g/mol. The number of nitrogens with zero attached hydrogens (tertiary/aromatic N) is 6. The Labute approximate surface area is 148 Å². The molecule has 0 fully saturated rings. The van der Waals surface area contributed by atoms with E-state index in [0.29, 0.717) is 13.0 Å². The zero-order valence-electron chi connectivity index (χ0n) is 14.2. The molecule has 0 amide bonds. The van der Waals surface area contributed by atoms with E-state index in [1.165, 1.54) is 18.5 Å². The summed E-state index contributed by atoms with van der Waals surface area (Å²) in [4.78, 5) is 9.68. The molecule has 0 atom stereocenters. The lowest BCUT2D eigenvalue weighted by atomic mass is 10.3. The molecule has 0 saturated heterocycles. The lowest BCUT2D eigenvalue weighted by Gasteiger charge is -2.15.